The number of allylic oxidation sites excluding steroid dienone is 1. The van der Waals surface area contributed by atoms with Crippen molar-refractivity contribution in [3.63, 3.8) is 0 Å². The Morgan fingerprint density at radius 2 is 1.23 bits per heavy atom. The summed E-state index contributed by atoms with van der Waals surface area (Å²) in [5.41, 5.74) is 4.86. The van der Waals surface area contributed by atoms with E-state index in [1.54, 1.807) is 31.4 Å². The summed E-state index contributed by atoms with van der Waals surface area (Å²) in [7, 11) is 1.69. The number of carbonyl (C=O) groups is 3. The average Bonchev–Trinajstić information content (AvgIpc) is 3.21. The van der Waals surface area contributed by atoms with Gasteiger partial charge in [0.05, 0.1) is 33.0 Å². The van der Waals surface area contributed by atoms with Gasteiger partial charge in [-0.25, -0.2) is 9.59 Å². The van der Waals surface area contributed by atoms with Gasteiger partial charge in [-0.3, -0.25) is 4.79 Å². The lowest BCUT2D eigenvalue weighted by molar-refractivity contribution is -0.138. The number of ether oxygens (including phenoxy) is 6. The molecule has 300 valence electrons. The largest absolute Gasteiger partial charge is 0.494 e. The molecule has 0 unspecified atom stereocenters. The zero-order valence-electron chi connectivity index (χ0n) is 32.8. The van der Waals surface area contributed by atoms with Gasteiger partial charge < -0.3 is 33.8 Å². The zero-order chi connectivity index (χ0) is 40.2. The van der Waals surface area contributed by atoms with Crippen LogP contribution in [-0.2, 0) is 30.2 Å². The number of carbonyl (C=O) groups excluding carboxylic acids is 3. The molecular weight excluding hydrogens is 711 g/mol. The molecule has 0 aliphatic heterocycles. The van der Waals surface area contributed by atoms with Gasteiger partial charge in [-0.15, -0.1) is 0 Å². The number of rotatable bonds is 26. The fraction of sp³-hybridized carbons (Fsp3) is 0.391. The predicted octanol–water partition coefficient (Wildman–Crippen LogP) is 9.68. The van der Waals surface area contributed by atoms with Crippen molar-refractivity contribution < 1.29 is 42.8 Å². The minimum Gasteiger partial charge on any atom is -0.494 e. The standard InChI is InChI=1S/C30H37NO5.C16H20O4/c1-3-29(32)35-19-7-5-4-6-18-34-27-14-12-25(13-15-27)30(24-9-8-10-24)36-28-16-11-23(17-20-33-2)21-26(28)22-31;1-2-16(18)20-12-6-4-3-5-11-19-15-9-7-14(13-17)8-10-15/h3,11-16,21-22,31H,1,4-10,17-20H2,2H3;2,7-10,13H,1,3-6,11-12H2. The molecule has 0 saturated heterocycles. The lowest BCUT2D eigenvalue weighted by Gasteiger charge is -2.23. The van der Waals surface area contributed by atoms with E-state index in [0.29, 0.717) is 44.3 Å². The first-order valence-corrected chi connectivity index (χ1v) is 19.4. The highest BCUT2D eigenvalue weighted by molar-refractivity contribution is 5.83. The Morgan fingerprint density at radius 1 is 0.696 bits per heavy atom. The normalized spacial score (nSPS) is 11.5. The monoisotopic (exact) mass is 767 g/mol. The van der Waals surface area contributed by atoms with Crippen LogP contribution in [0, 0.1) is 5.41 Å². The van der Waals surface area contributed by atoms with Crippen LogP contribution < -0.4 is 14.2 Å². The molecular formula is C46H57NO9. The second-order valence-electron chi connectivity index (χ2n) is 13.1. The van der Waals surface area contributed by atoms with Gasteiger partial charge >= 0.3 is 11.9 Å². The third-order valence-electron chi connectivity index (χ3n) is 8.88. The van der Waals surface area contributed by atoms with E-state index in [1.165, 1.54) is 30.4 Å². The van der Waals surface area contributed by atoms with Crippen LogP contribution in [0.1, 0.15) is 97.7 Å². The fourth-order valence-electron chi connectivity index (χ4n) is 5.51. The highest BCUT2D eigenvalue weighted by Crippen LogP contribution is 2.36. The van der Waals surface area contributed by atoms with E-state index < -0.39 is 0 Å². The van der Waals surface area contributed by atoms with E-state index >= 15 is 0 Å². The minimum atomic E-state index is -0.368. The van der Waals surface area contributed by atoms with Gasteiger partial charge in [0.25, 0.3) is 0 Å². The summed E-state index contributed by atoms with van der Waals surface area (Å²) >= 11 is 0. The second-order valence-corrected chi connectivity index (χ2v) is 13.1. The number of esters is 2. The average molecular weight is 768 g/mol. The number of benzene rings is 3. The summed E-state index contributed by atoms with van der Waals surface area (Å²) in [6.07, 6.45) is 16.2. The van der Waals surface area contributed by atoms with Gasteiger partial charge in [0.1, 0.15) is 29.3 Å². The van der Waals surface area contributed by atoms with Crippen molar-refractivity contribution in [1.29, 1.82) is 5.41 Å². The summed E-state index contributed by atoms with van der Waals surface area (Å²) < 4.78 is 32.9. The molecule has 3 aromatic carbocycles. The Kier molecular flexibility index (Phi) is 21.8. The number of nitrogens with one attached hydrogen (secondary N) is 1. The minimum absolute atomic E-state index is 0.366. The van der Waals surface area contributed by atoms with E-state index in [2.05, 4.69) is 13.2 Å². The van der Waals surface area contributed by atoms with Crippen LogP contribution >= 0.6 is 0 Å². The molecule has 0 amide bonds. The maximum absolute atomic E-state index is 11.0. The maximum Gasteiger partial charge on any atom is 0.330 e. The van der Waals surface area contributed by atoms with Crippen LogP contribution in [0.3, 0.4) is 0 Å². The quantitative estimate of drug-likeness (QED) is 0.0212. The van der Waals surface area contributed by atoms with E-state index in [4.69, 9.17) is 33.8 Å². The second kappa shape index (κ2) is 27.2. The van der Waals surface area contributed by atoms with Crippen LogP contribution in [0.4, 0.5) is 0 Å². The van der Waals surface area contributed by atoms with Crippen molar-refractivity contribution in [2.45, 2.75) is 77.0 Å². The lowest BCUT2D eigenvalue weighted by atomic mass is 9.89. The number of aldehydes is 1. The number of hydrogen-bond acceptors (Lipinski definition) is 10. The third-order valence-corrected chi connectivity index (χ3v) is 8.88. The Hall–Kier alpha value is -5.48. The van der Waals surface area contributed by atoms with Crippen molar-refractivity contribution in [3.05, 3.63) is 120 Å². The Balaban J connectivity index is 0.000000356. The van der Waals surface area contributed by atoms with Crippen molar-refractivity contribution in [2.24, 2.45) is 0 Å². The first kappa shape index (κ1) is 44.9. The van der Waals surface area contributed by atoms with E-state index in [9.17, 15) is 14.4 Å². The summed E-state index contributed by atoms with van der Waals surface area (Å²) in [6, 6.07) is 21.1. The molecule has 10 heteroatoms. The van der Waals surface area contributed by atoms with Gasteiger partial charge in [-0.2, -0.15) is 0 Å². The van der Waals surface area contributed by atoms with Crippen molar-refractivity contribution >= 4 is 30.2 Å². The van der Waals surface area contributed by atoms with Crippen molar-refractivity contribution in [3.8, 4) is 17.2 Å². The van der Waals surface area contributed by atoms with Crippen LogP contribution in [0.25, 0.3) is 5.76 Å². The molecule has 0 radical (unpaired) electrons. The third kappa shape index (κ3) is 17.3. The van der Waals surface area contributed by atoms with Crippen molar-refractivity contribution in [2.75, 3.05) is 40.1 Å². The van der Waals surface area contributed by atoms with Gasteiger partial charge in [-0.05, 0) is 149 Å². The first-order chi connectivity index (χ1) is 27.4. The lowest BCUT2D eigenvalue weighted by Crippen LogP contribution is -2.08. The molecule has 0 bridgehead atoms. The van der Waals surface area contributed by atoms with Gasteiger partial charge in [0.2, 0.25) is 0 Å². The predicted molar refractivity (Wildman–Crippen MR) is 220 cm³/mol. The van der Waals surface area contributed by atoms with E-state index in [-0.39, 0.29) is 11.9 Å². The van der Waals surface area contributed by atoms with Gasteiger partial charge in [0, 0.05) is 42.2 Å². The maximum atomic E-state index is 11.0. The summed E-state index contributed by atoms with van der Waals surface area (Å²) in [4.78, 5) is 32.3. The molecule has 3 aromatic rings. The molecule has 1 fully saturated rings. The number of hydrogen-bond donors (Lipinski definition) is 1. The van der Waals surface area contributed by atoms with Gasteiger partial charge in [-0.1, -0.05) is 19.2 Å². The smallest absolute Gasteiger partial charge is 0.330 e. The molecule has 0 aromatic heterocycles. The molecule has 1 aliphatic rings. The Morgan fingerprint density at radius 3 is 1.70 bits per heavy atom. The first-order valence-electron chi connectivity index (χ1n) is 19.4. The van der Waals surface area contributed by atoms with Crippen LogP contribution in [-0.4, -0.2) is 64.6 Å². The fourth-order valence-corrected chi connectivity index (χ4v) is 5.51. The SMILES string of the molecule is C=CC(=O)OCCCCCCOc1ccc(C(Oc2ccc(CCOC)cc2C=N)=C2CCC2)cc1.C=CC(=O)OCCCCCCOc1ccc(C=O)cc1. The molecule has 0 spiro atoms. The van der Waals surface area contributed by atoms with Crippen molar-refractivity contribution in [1.82, 2.24) is 0 Å². The van der Waals surface area contributed by atoms with Gasteiger partial charge in [0.15, 0.2) is 0 Å². The highest BCUT2D eigenvalue weighted by Gasteiger charge is 2.19. The molecule has 1 N–H and O–H groups in total. The molecule has 4 rings (SSSR count). The number of unbranched alkanes of at least 4 members (excludes halogenated alkanes) is 6. The summed E-state index contributed by atoms with van der Waals surface area (Å²) in [5, 5.41) is 7.86. The van der Waals surface area contributed by atoms with Crippen LogP contribution in [0.15, 0.2) is 97.6 Å². The molecule has 56 heavy (non-hydrogen) atoms. The zero-order valence-corrected chi connectivity index (χ0v) is 32.8. The topological polar surface area (TPSA) is 130 Å². The molecule has 0 atom stereocenters. The molecule has 0 heterocycles. The molecule has 1 saturated carbocycles. The van der Waals surface area contributed by atoms with Crippen LogP contribution in [0.5, 0.6) is 17.2 Å². The highest BCUT2D eigenvalue weighted by atomic mass is 16.5. The van der Waals surface area contributed by atoms with E-state index in [1.807, 2.05) is 42.5 Å². The molecule has 10 nitrogen and oxygen atoms in total. The summed E-state index contributed by atoms with van der Waals surface area (Å²) in [6.45, 7) is 9.53. The van der Waals surface area contributed by atoms with Crippen LogP contribution in [0.2, 0.25) is 0 Å². The number of methoxy groups -OCH3 is 1. The summed E-state index contributed by atoms with van der Waals surface area (Å²) in [5.74, 6) is 2.45. The Bertz CT molecular complexity index is 1690. The molecule has 1 aliphatic carbocycles. The van der Waals surface area contributed by atoms with E-state index in [0.717, 1.165) is 111 Å². The Labute approximate surface area is 332 Å².